The predicted octanol–water partition coefficient (Wildman–Crippen LogP) is 3.25. The number of aromatic nitrogens is 1. The molecule has 1 N–H and O–H groups in total. The zero-order chi connectivity index (χ0) is 10.7. The van der Waals surface area contributed by atoms with Crippen LogP contribution in [0.2, 0.25) is 0 Å². The molecule has 0 spiro atoms. The van der Waals surface area contributed by atoms with E-state index in [2.05, 4.69) is 4.98 Å². The lowest BCUT2D eigenvalue weighted by molar-refractivity contribution is 0.475. The summed E-state index contributed by atoms with van der Waals surface area (Å²) >= 11 is 1.66. The van der Waals surface area contributed by atoms with Gasteiger partial charge < -0.3 is 5.11 Å². The molecule has 0 radical (unpaired) electrons. The number of pyridine rings is 1. The minimum absolute atomic E-state index is 0.297. The molecule has 1 heterocycles. The van der Waals surface area contributed by atoms with Crippen LogP contribution in [-0.2, 0) is 0 Å². The van der Waals surface area contributed by atoms with Gasteiger partial charge in [-0.3, -0.25) is 4.98 Å². The molecule has 2 rings (SSSR count). The number of rotatable bonds is 2. The summed E-state index contributed by atoms with van der Waals surface area (Å²) < 4.78 is 0. The monoisotopic (exact) mass is 217 g/mol. The maximum absolute atomic E-state index is 9.15. The number of benzene rings is 1. The molecule has 0 unspecified atom stereocenters. The van der Waals surface area contributed by atoms with Crippen molar-refractivity contribution in [2.75, 3.05) is 0 Å². The van der Waals surface area contributed by atoms with Crippen molar-refractivity contribution in [1.29, 1.82) is 0 Å². The van der Waals surface area contributed by atoms with E-state index in [0.717, 1.165) is 15.5 Å². The van der Waals surface area contributed by atoms with Crippen LogP contribution in [0.15, 0.2) is 52.4 Å². The van der Waals surface area contributed by atoms with Gasteiger partial charge in [0, 0.05) is 21.7 Å². The van der Waals surface area contributed by atoms with E-state index in [-0.39, 0.29) is 0 Å². The van der Waals surface area contributed by atoms with E-state index in [4.69, 9.17) is 5.11 Å². The van der Waals surface area contributed by atoms with Gasteiger partial charge in [0.1, 0.15) is 5.75 Å². The molecule has 3 heteroatoms. The topological polar surface area (TPSA) is 33.1 Å². The highest BCUT2D eigenvalue weighted by Gasteiger charge is 1.97. The van der Waals surface area contributed by atoms with Crippen molar-refractivity contribution in [3.63, 3.8) is 0 Å². The predicted molar refractivity (Wildman–Crippen MR) is 61.2 cm³/mol. The highest BCUT2D eigenvalue weighted by Crippen LogP contribution is 2.28. The summed E-state index contributed by atoms with van der Waals surface area (Å²) in [4.78, 5) is 6.41. The van der Waals surface area contributed by atoms with Crippen LogP contribution in [-0.4, -0.2) is 10.1 Å². The molecule has 15 heavy (non-hydrogen) atoms. The maximum Gasteiger partial charge on any atom is 0.115 e. The van der Waals surface area contributed by atoms with Crippen LogP contribution in [0.25, 0.3) is 0 Å². The molecular formula is C12H11NOS. The highest BCUT2D eigenvalue weighted by atomic mass is 32.2. The van der Waals surface area contributed by atoms with Gasteiger partial charge in [0.15, 0.2) is 0 Å². The highest BCUT2D eigenvalue weighted by molar-refractivity contribution is 7.99. The third kappa shape index (κ3) is 2.73. The van der Waals surface area contributed by atoms with Crippen molar-refractivity contribution in [3.05, 3.63) is 48.3 Å². The Balaban J connectivity index is 2.18. The molecule has 2 aromatic rings. The number of hydrogen-bond donors (Lipinski definition) is 1. The van der Waals surface area contributed by atoms with Gasteiger partial charge in [-0.25, -0.2) is 0 Å². The van der Waals surface area contributed by atoms with Gasteiger partial charge in [0.2, 0.25) is 0 Å². The van der Waals surface area contributed by atoms with Crippen LogP contribution in [0, 0.1) is 6.92 Å². The SMILES string of the molecule is Cc1cc(Sc2ccc(O)cc2)ccn1. The van der Waals surface area contributed by atoms with Crippen molar-refractivity contribution in [2.45, 2.75) is 16.7 Å². The number of hydrogen-bond acceptors (Lipinski definition) is 3. The zero-order valence-electron chi connectivity index (χ0n) is 8.34. The van der Waals surface area contributed by atoms with Crippen LogP contribution in [0.1, 0.15) is 5.69 Å². The van der Waals surface area contributed by atoms with Crippen molar-refractivity contribution in [1.82, 2.24) is 4.98 Å². The first-order chi connectivity index (χ1) is 7.24. The van der Waals surface area contributed by atoms with E-state index in [9.17, 15) is 0 Å². The molecule has 2 nitrogen and oxygen atoms in total. The quantitative estimate of drug-likeness (QED) is 0.838. The summed E-state index contributed by atoms with van der Waals surface area (Å²) in [5.74, 6) is 0.297. The normalized spacial score (nSPS) is 10.2. The molecule has 0 bridgehead atoms. The number of phenolic OH excluding ortho intramolecular Hbond substituents is 1. The van der Waals surface area contributed by atoms with E-state index in [1.807, 2.05) is 31.2 Å². The largest absolute Gasteiger partial charge is 0.508 e. The van der Waals surface area contributed by atoms with Crippen LogP contribution in [0.4, 0.5) is 0 Å². The Morgan fingerprint density at radius 2 is 1.80 bits per heavy atom. The van der Waals surface area contributed by atoms with Crippen LogP contribution >= 0.6 is 11.8 Å². The lowest BCUT2D eigenvalue weighted by atomic mass is 10.3. The lowest BCUT2D eigenvalue weighted by Crippen LogP contribution is -1.80. The van der Waals surface area contributed by atoms with E-state index >= 15 is 0 Å². The molecule has 0 atom stereocenters. The Morgan fingerprint density at radius 3 is 2.47 bits per heavy atom. The minimum atomic E-state index is 0.297. The molecule has 0 saturated carbocycles. The van der Waals surface area contributed by atoms with E-state index in [0.29, 0.717) is 5.75 Å². The molecule has 0 fully saturated rings. The second-order valence-electron chi connectivity index (χ2n) is 3.23. The Labute approximate surface area is 93.0 Å². The van der Waals surface area contributed by atoms with E-state index in [1.54, 1.807) is 30.1 Å². The van der Waals surface area contributed by atoms with Gasteiger partial charge in [-0.05, 0) is 43.3 Å². The number of nitrogens with zero attached hydrogens (tertiary/aromatic N) is 1. The third-order valence-corrected chi connectivity index (χ3v) is 2.94. The van der Waals surface area contributed by atoms with Crippen LogP contribution in [0.5, 0.6) is 5.75 Å². The fourth-order valence-electron chi connectivity index (χ4n) is 1.23. The molecule has 1 aromatic carbocycles. The fourth-order valence-corrected chi connectivity index (χ4v) is 2.14. The third-order valence-electron chi connectivity index (χ3n) is 1.94. The molecule has 0 saturated heterocycles. The van der Waals surface area contributed by atoms with Gasteiger partial charge in [-0.1, -0.05) is 11.8 Å². The summed E-state index contributed by atoms with van der Waals surface area (Å²) in [6.07, 6.45) is 1.80. The summed E-state index contributed by atoms with van der Waals surface area (Å²) in [6, 6.07) is 11.2. The first-order valence-electron chi connectivity index (χ1n) is 4.63. The lowest BCUT2D eigenvalue weighted by Gasteiger charge is -2.02. The van der Waals surface area contributed by atoms with Gasteiger partial charge in [0.25, 0.3) is 0 Å². The van der Waals surface area contributed by atoms with Gasteiger partial charge in [0.05, 0.1) is 0 Å². The standard InChI is InChI=1S/C12H11NOS/c1-9-8-12(6-7-13-9)15-11-4-2-10(14)3-5-11/h2-8,14H,1H3. The molecule has 0 amide bonds. The summed E-state index contributed by atoms with van der Waals surface area (Å²) in [6.45, 7) is 1.97. The number of aryl methyl sites for hydroxylation is 1. The van der Waals surface area contributed by atoms with Crippen LogP contribution in [0.3, 0.4) is 0 Å². The first kappa shape index (κ1) is 10.1. The van der Waals surface area contributed by atoms with Crippen LogP contribution < -0.4 is 0 Å². The van der Waals surface area contributed by atoms with Crippen molar-refractivity contribution < 1.29 is 5.11 Å². The number of aromatic hydroxyl groups is 1. The Bertz CT molecular complexity index is 453. The zero-order valence-corrected chi connectivity index (χ0v) is 9.16. The summed E-state index contributed by atoms with van der Waals surface area (Å²) in [5, 5.41) is 9.15. The molecule has 76 valence electrons. The molecule has 0 aliphatic rings. The van der Waals surface area contributed by atoms with E-state index < -0.39 is 0 Å². The van der Waals surface area contributed by atoms with Crippen molar-refractivity contribution in [2.24, 2.45) is 0 Å². The minimum Gasteiger partial charge on any atom is -0.508 e. The number of phenols is 1. The average molecular weight is 217 g/mol. The van der Waals surface area contributed by atoms with Gasteiger partial charge in [-0.2, -0.15) is 0 Å². The summed E-state index contributed by atoms with van der Waals surface area (Å²) in [7, 11) is 0. The molecule has 0 aliphatic carbocycles. The molecule has 1 aromatic heterocycles. The Kier molecular flexibility index (Phi) is 2.92. The first-order valence-corrected chi connectivity index (χ1v) is 5.45. The fraction of sp³-hybridized carbons (Fsp3) is 0.0833. The second-order valence-corrected chi connectivity index (χ2v) is 4.38. The smallest absolute Gasteiger partial charge is 0.115 e. The maximum atomic E-state index is 9.15. The Morgan fingerprint density at radius 1 is 1.07 bits per heavy atom. The molecule has 0 aliphatic heterocycles. The van der Waals surface area contributed by atoms with Gasteiger partial charge >= 0.3 is 0 Å². The Hall–Kier alpha value is -1.48. The van der Waals surface area contributed by atoms with Crippen molar-refractivity contribution in [3.8, 4) is 5.75 Å². The molecular weight excluding hydrogens is 206 g/mol. The van der Waals surface area contributed by atoms with Crippen molar-refractivity contribution >= 4 is 11.8 Å². The second kappa shape index (κ2) is 4.36. The van der Waals surface area contributed by atoms with E-state index in [1.165, 1.54) is 0 Å². The van der Waals surface area contributed by atoms with Gasteiger partial charge in [-0.15, -0.1) is 0 Å². The summed E-state index contributed by atoms with van der Waals surface area (Å²) in [5.41, 5.74) is 1.01. The average Bonchev–Trinajstić information content (AvgIpc) is 2.22.